The molecule has 1 aliphatic rings. The molecule has 1 heterocycles. The Morgan fingerprint density at radius 1 is 1.23 bits per heavy atom. The summed E-state index contributed by atoms with van der Waals surface area (Å²) in [7, 11) is 0. The van der Waals surface area contributed by atoms with E-state index in [9.17, 15) is 9.59 Å². The van der Waals surface area contributed by atoms with Gasteiger partial charge in [0, 0.05) is 12.1 Å². The molecule has 2 aromatic rings. The zero-order valence-corrected chi connectivity index (χ0v) is 12.1. The van der Waals surface area contributed by atoms with E-state index in [1.165, 1.54) is 0 Å². The summed E-state index contributed by atoms with van der Waals surface area (Å²) in [6, 6.07) is 13.9. The summed E-state index contributed by atoms with van der Waals surface area (Å²) in [4.78, 5) is 23.6. The molecule has 1 fully saturated rings. The normalized spacial score (nSPS) is 18.4. The SMILES string of the molecule is O=C1NCCC[C@@H]1C(=O)N/N=C\c1cccc2ccccc12. The molecule has 1 aliphatic heterocycles. The van der Waals surface area contributed by atoms with E-state index in [1.807, 2.05) is 42.5 Å². The predicted octanol–water partition coefficient (Wildman–Crippen LogP) is 1.82. The van der Waals surface area contributed by atoms with Gasteiger partial charge in [-0.25, -0.2) is 5.43 Å². The van der Waals surface area contributed by atoms with Gasteiger partial charge < -0.3 is 5.32 Å². The van der Waals surface area contributed by atoms with Crippen molar-refractivity contribution in [2.75, 3.05) is 6.54 Å². The maximum atomic E-state index is 12.0. The fraction of sp³-hybridized carbons (Fsp3) is 0.235. The molecule has 5 heteroatoms. The van der Waals surface area contributed by atoms with Crippen molar-refractivity contribution in [2.45, 2.75) is 12.8 Å². The lowest BCUT2D eigenvalue weighted by molar-refractivity contribution is -0.136. The standard InChI is InChI=1S/C17H17N3O2/c21-16-15(9-4-10-18-16)17(22)20-19-11-13-7-3-6-12-5-1-2-8-14(12)13/h1-3,5-8,11,15H,4,9-10H2,(H,18,21)(H,20,22)/b19-11-/t15-/m0/s1. The Labute approximate surface area is 128 Å². The number of carbonyl (C=O) groups is 2. The zero-order chi connectivity index (χ0) is 15.4. The van der Waals surface area contributed by atoms with Crippen LogP contribution in [0.2, 0.25) is 0 Å². The molecule has 2 N–H and O–H groups in total. The van der Waals surface area contributed by atoms with E-state index in [-0.39, 0.29) is 11.8 Å². The third-order valence-corrected chi connectivity index (χ3v) is 3.80. The van der Waals surface area contributed by atoms with E-state index in [2.05, 4.69) is 15.8 Å². The molecule has 0 unspecified atom stereocenters. The summed E-state index contributed by atoms with van der Waals surface area (Å²) in [5.41, 5.74) is 3.39. The van der Waals surface area contributed by atoms with Crippen molar-refractivity contribution in [1.82, 2.24) is 10.7 Å². The maximum Gasteiger partial charge on any atom is 0.252 e. The van der Waals surface area contributed by atoms with E-state index < -0.39 is 5.92 Å². The molecule has 5 nitrogen and oxygen atoms in total. The van der Waals surface area contributed by atoms with Crippen LogP contribution in [-0.4, -0.2) is 24.6 Å². The van der Waals surface area contributed by atoms with E-state index in [0.717, 1.165) is 22.8 Å². The third-order valence-electron chi connectivity index (χ3n) is 3.80. The fourth-order valence-corrected chi connectivity index (χ4v) is 2.63. The summed E-state index contributed by atoms with van der Waals surface area (Å²) in [6.45, 7) is 0.641. The summed E-state index contributed by atoms with van der Waals surface area (Å²) >= 11 is 0. The lowest BCUT2D eigenvalue weighted by Gasteiger charge is -2.19. The Bertz CT molecular complexity index is 734. The number of fused-ring (bicyclic) bond motifs is 1. The second-order valence-electron chi connectivity index (χ2n) is 5.29. The van der Waals surface area contributed by atoms with Gasteiger partial charge in [-0.15, -0.1) is 0 Å². The van der Waals surface area contributed by atoms with Crippen molar-refractivity contribution in [2.24, 2.45) is 11.0 Å². The number of hydrogen-bond donors (Lipinski definition) is 2. The van der Waals surface area contributed by atoms with Crippen LogP contribution in [0.3, 0.4) is 0 Å². The number of hydrogen-bond acceptors (Lipinski definition) is 3. The van der Waals surface area contributed by atoms with Gasteiger partial charge in [-0.05, 0) is 23.6 Å². The van der Waals surface area contributed by atoms with E-state index in [1.54, 1.807) is 6.21 Å². The zero-order valence-electron chi connectivity index (χ0n) is 12.1. The molecular weight excluding hydrogens is 278 g/mol. The first-order chi connectivity index (χ1) is 10.8. The highest BCUT2D eigenvalue weighted by Crippen LogP contribution is 2.16. The van der Waals surface area contributed by atoms with E-state index >= 15 is 0 Å². The van der Waals surface area contributed by atoms with Crippen LogP contribution in [-0.2, 0) is 9.59 Å². The Morgan fingerprint density at radius 2 is 2.05 bits per heavy atom. The number of amides is 2. The second-order valence-corrected chi connectivity index (χ2v) is 5.29. The monoisotopic (exact) mass is 295 g/mol. The number of rotatable bonds is 3. The molecule has 2 aromatic carbocycles. The van der Waals surface area contributed by atoms with Crippen LogP contribution in [0.1, 0.15) is 18.4 Å². The molecule has 1 atom stereocenters. The van der Waals surface area contributed by atoms with Crippen molar-refractivity contribution in [3.8, 4) is 0 Å². The first-order valence-electron chi connectivity index (χ1n) is 7.34. The van der Waals surface area contributed by atoms with Gasteiger partial charge in [0.1, 0.15) is 5.92 Å². The second kappa shape index (κ2) is 6.39. The van der Waals surface area contributed by atoms with Crippen LogP contribution in [0.15, 0.2) is 47.6 Å². The molecule has 0 radical (unpaired) electrons. The van der Waals surface area contributed by atoms with Gasteiger partial charge in [0.15, 0.2) is 0 Å². The number of hydrazone groups is 1. The van der Waals surface area contributed by atoms with Crippen molar-refractivity contribution in [1.29, 1.82) is 0 Å². The van der Waals surface area contributed by atoms with Crippen LogP contribution in [0, 0.1) is 5.92 Å². The Kier molecular flexibility index (Phi) is 4.14. The van der Waals surface area contributed by atoms with Crippen LogP contribution < -0.4 is 10.7 Å². The van der Waals surface area contributed by atoms with Crippen molar-refractivity contribution >= 4 is 28.8 Å². The quantitative estimate of drug-likeness (QED) is 0.515. The van der Waals surface area contributed by atoms with Gasteiger partial charge in [-0.3, -0.25) is 9.59 Å². The summed E-state index contributed by atoms with van der Waals surface area (Å²) in [6.07, 6.45) is 3.00. The lowest BCUT2D eigenvalue weighted by Crippen LogP contribution is -2.43. The van der Waals surface area contributed by atoms with Crippen molar-refractivity contribution < 1.29 is 9.59 Å². The van der Waals surface area contributed by atoms with Gasteiger partial charge in [-0.2, -0.15) is 5.10 Å². The number of piperidine rings is 1. The Morgan fingerprint density at radius 3 is 2.91 bits per heavy atom. The van der Waals surface area contributed by atoms with Gasteiger partial charge >= 0.3 is 0 Å². The lowest BCUT2D eigenvalue weighted by atomic mass is 9.98. The molecule has 0 aliphatic carbocycles. The molecule has 1 saturated heterocycles. The van der Waals surface area contributed by atoms with Crippen molar-refractivity contribution in [3.63, 3.8) is 0 Å². The number of benzene rings is 2. The summed E-state index contributed by atoms with van der Waals surface area (Å²) in [5, 5.41) is 8.87. The molecule has 0 spiro atoms. The molecule has 2 amide bonds. The maximum absolute atomic E-state index is 12.0. The van der Waals surface area contributed by atoms with Gasteiger partial charge in [0.2, 0.25) is 5.91 Å². The minimum Gasteiger partial charge on any atom is -0.355 e. The highest BCUT2D eigenvalue weighted by molar-refractivity contribution is 6.02. The average Bonchev–Trinajstić information content (AvgIpc) is 2.55. The van der Waals surface area contributed by atoms with Crippen LogP contribution in [0.5, 0.6) is 0 Å². The Hall–Kier alpha value is -2.69. The molecular formula is C17H17N3O2. The molecule has 0 saturated carbocycles. The number of nitrogens with one attached hydrogen (secondary N) is 2. The minimum absolute atomic E-state index is 0.218. The van der Waals surface area contributed by atoms with Crippen LogP contribution >= 0.6 is 0 Å². The first-order valence-corrected chi connectivity index (χ1v) is 7.34. The van der Waals surface area contributed by atoms with E-state index in [4.69, 9.17) is 0 Å². The van der Waals surface area contributed by atoms with Gasteiger partial charge in [-0.1, -0.05) is 42.5 Å². The third kappa shape index (κ3) is 2.98. The van der Waals surface area contributed by atoms with E-state index in [0.29, 0.717) is 13.0 Å². The van der Waals surface area contributed by atoms with Crippen LogP contribution in [0.4, 0.5) is 0 Å². The highest BCUT2D eigenvalue weighted by atomic mass is 16.2. The topological polar surface area (TPSA) is 70.6 Å². The van der Waals surface area contributed by atoms with Gasteiger partial charge in [0.25, 0.3) is 5.91 Å². The summed E-state index contributed by atoms with van der Waals surface area (Å²) < 4.78 is 0. The highest BCUT2D eigenvalue weighted by Gasteiger charge is 2.28. The van der Waals surface area contributed by atoms with Gasteiger partial charge in [0.05, 0.1) is 6.21 Å². The molecule has 112 valence electrons. The van der Waals surface area contributed by atoms with Crippen molar-refractivity contribution in [3.05, 3.63) is 48.0 Å². The number of carbonyl (C=O) groups excluding carboxylic acids is 2. The first kappa shape index (κ1) is 14.3. The fourth-order valence-electron chi connectivity index (χ4n) is 2.63. The number of nitrogens with zero attached hydrogens (tertiary/aromatic N) is 1. The molecule has 0 aromatic heterocycles. The average molecular weight is 295 g/mol. The van der Waals surface area contributed by atoms with Crippen LogP contribution in [0.25, 0.3) is 10.8 Å². The summed E-state index contributed by atoms with van der Waals surface area (Å²) in [5.74, 6) is -1.21. The predicted molar refractivity (Wildman–Crippen MR) is 85.4 cm³/mol. The molecule has 22 heavy (non-hydrogen) atoms. The molecule has 0 bridgehead atoms. The largest absolute Gasteiger partial charge is 0.355 e. The minimum atomic E-state index is -0.640. The smallest absolute Gasteiger partial charge is 0.252 e. The molecule has 3 rings (SSSR count). The Balaban J connectivity index is 1.71.